The van der Waals surface area contributed by atoms with Crippen molar-refractivity contribution in [3.63, 3.8) is 0 Å². The monoisotopic (exact) mass is 497 g/mol. The number of hydrogen-bond acceptors (Lipinski definition) is 6. The third kappa shape index (κ3) is 4.83. The van der Waals surface area contributed by atoms with E-state index in [1.165, 1.54) is 6.21 Å². The minimum absolute atomic E-state index is 0.122. The first kappa shape index (κ1) is 21.6. The Morgan fingerprint density at radius 2 is 1.91 bits per heavy atom. The number of benzene rings is 2. The van der Waals surface area contributed by atoms with Gasteiger partial charge in [0.2, 0.25) is 6.79 Å². The number of carbonyl (C=O) groups excluding carboxylic acids is 2. The molecule has 0 spiro atoms. The zero-order valence-electron chi connectivity index (χ0n) is 17.3. The number of ether oxygens (including phenoxy) is 2. The maximum absolute atomic E-state index is 12.4. The predicted molar refractivity (Wildman–Crippen MR) is 122 cm³/mol. The van der Waals surface area contributed by atoms with Gasteiger partial charge in [0.15, 0.2) is 11.5 Å². The zero-order valence-corrected chi connectivity index (χ0v) is 18.9. The maximum Gasteiger partial charge on any atom is 0.262 e. The van der Waals surface area contributed by atoms with E-state index >= 15 is 0 Å². The van der Waals surface area contributed by atoms with Gasteiger partial charge in [-0.15, -0.1) is 0 Å². The van der Waals surface area contributed by atoms with Gasteiger partial charge in [-0.05, 0) is 61.9 Å². The highest BCUT2D eigenvalue weighted by Crippen LogP contribution is 2.32. The summed E-state index contributed by atoms with van der Waals surface area (Å²) < 4.78 is 17.2. The predicted octanol–water partition coefficient (Wildman–Crippen LogP) is 4.01. The SMILES string of the molecule is Cc1ccc(-c2ccc(/C=N\NC(=O)[C@@H](C)NC(=O)c3ccc4c(c3)OCO4)o2)c(Br)c1. The van der Waals surface area contributed by atoms with Gasteiger partial charge in [0.1, 0.15) is 17.6 Å². The number of nitrogens with zero attached hydrogens (tertiary/aromatic N) is 1. The van der Waals surface area contributed by atoms with Crippen molar-refractivity contribution < 1.29 is 23.5 Å². The Labute approximate surface area is 192 Å². The lowest BCUT2D eigenvalue weighted by atomic mass is 10.1. The Morgan fingerprint density at radius 1 is 1.09 bits per heavy atom. The first-order valence-electron chi connectivity index (χ1n) is 9.80. The van der Waals surface area contributed by atoms with Gasteiger partial charge in [-0.2, -0.15) is 5.10 Å². The number of nitrogens with one attached hydrogen (secondary N) is 2. The Bertz CT molecular complexity index is 1200. The van der Waals surface area contributed by atoms with Crippen LogP contribution in [0.1, 0.15) is 28.6 Å². The third-order valence-electron chi connectivity index (χ3n) is 4.76. The van der Waals surface area contributed by atoms with Crippen molar-refractivity contribution in [2.24, 2.45) is 5.10 Å². The van der Waals surface area contributed by atoms with Gasteiger partial charge in [-0.1, -0.05) is 22.0 Å². The van der Waals surface area contributed by atoms with Crippen molar-refractivity contribution in [3.05, 3.63) is 69.9 Å². The molecule has 1 aliphatic heterocycles. The number of rotatable bonds is 6. The average molecular weight is 498 g/mol. The van der Waals surface area contributed by atoms with Gasteiger partial charge in [0.05, 0.1) is 6.21 Å². The minimum atomic E-state index is -0.805. The molecule has 0 saturated heterocycles. The van der Waals surface area contributed by atoms with Crippen LogP contribution >= 0.6 is 15.9 Å². The summed E-state index contributed by atoms with van der Waals surface area (Å²) in [5.74, 6) is 1.35. The summed E-state index contributed by atoms with van der Waals surface area (Å²) in [7, 11) is 0. The fourth-order valence-electron chi connectivity index (χ4n) is 3.03. The summed E-state index contributed by atoms with van der Waals surface area (Å²) in [5.41, 5.74) is 4.81. The molecular formula is C23H20BrN3O5. The molecule has 0 radical (unpaired) electrons. The molecule has 8 nitrogen and oxygen atoms in total. The molecule has 1 aliphatic rings. The Hall–Kier alpha value is -3.59. The maximum atomic E-state index is 12.4. The number of fused-ring (bicyclic) bond motifs is 1. The molecule has 2 N–H and O–H groups in total. The van der Waals surface area contributed by atoms with Crippen LogP contribution in [0.2, 0.25) is 0 Å². The Morgan fingerprint density at radius 3 is 2.72 bits per heavy atom. The van der Waals surface area contributed by atoms with E-state index in [1.54, 1.807) is 31.2 Å². The van der Waals surface area contributed by atoms with Crippen LogP contribution in [0.3, 0.4) is 0 Å². The standard InChI is InChI=1S/C23H20BrN3O5/c1-13-3-6-17(18(24)9-13)19-8-5-16(32-19)11-25-27-22(28)14(2)26-23(29)15-4-7-20-21(10-15)31-12-30-20/h3-11,14H,12H2,1-2H3,(H,26,29)(H,27,28)/b25-11-/t14-/m1/s1. The highest BCUT2D eigenvalue weighted by Gasteiger charge is 2.19. The summed E-state index contributed by atoms with van der Waals surface area (Å²) in [6.45, 7) is 3.70. The molecule has 3 aromatic rings. The molecule has 2 aromatic carbocycles. The summed E-state index contributed by atoms with van der Waals surface area (Å²) >= 11 is 3.53. The fourth-order valence-corrected chi connectivity index (χ4v) is 3.72. The molecule has 2 heterocycles. The fraction of sp³-hybridized carbons (Fsp3) is 0.174. The summed E-state index contributed by atoms with van der Waals surface area (Å²) in [6, 6.07) is 13.6. The molecule has 0 fully saturated rings. The average Bonchev–Trinajstić information content (AvgIpc) is 3.42. The number of furan rings is 1. The van der Waals surface area contributed by atoms with Crippen molar-refractivity contribution >= 4 is 34.0 Å². The van der Waals surface area contributed by atoms with Crippen LogP contribution in [0, 0.1) is 6.92 Å². The van der Waals surface area contributed by atoms with Crippen LogP contribution in [0.25, 0.3) is 11.3 Å². The lowest BCUT2D eigenvalue weighted by Gasteiger charge is -2.12. The van der Waals surface area contributed by atoms with Crippen molar-refractivity contribution in [3.8, 4) is 22.8 Å². The van der Waals surface area contributed by atoms with E-state index in [2.05, 4.69) is 31.8 Å². The van der Waals surface area contributed by atoms with Gasteiger partial charge < -0.3 is 19.2 Å². The lowest BCUT2D eigenvalue weighted by Crippen LogP contribution is -2.43. The number of hydrogen-bond donors (Lipinski definition) is 2. The Kier molecular flexibility index (Phi) is 6.27. The highest BCUT2D eigenvalue weighted by molar-refractivity contribution is 9.10. The summed E-state index contributed by atoms with van der Waals surface area (Å²) in [4.78, 5) is 24.7. The summed E-state index contributed by atoms with van der Waals surface area (Å²) in [6.07, 6.45) is 1.40. The number of halogens is 1. The van der Waals surface area contributed by atoms with Crippen LogP contribution in [0.5, 0.6) is 11.5 Å². The third-order valence-corrected chi connectivity index (χ3v) is 5.42. The number of amides is 2. The molecule has 9 heteroatoms. The quantitative estimate of drug-likeness (QED) is 0.395. The van der Waals surface area contributed by atoms with Crippen LogP contribution in [0.4, 0.5) is 0 Å². The lowest BCUT2D eigenvalue weighted by molar-refractivity contribution is -0.122. The molecule has 0 aliphatic carbocycles. The molecule has 0 unspecified atom stereocenters. The van der Waals surface area contributed by atoms with Crippen LogP contribution < -0.4 is 20.2 Å². The second kappa shape index (κ2) is 9.27. The zero-order chi connectivity index (χ0) is 22.7. The van der Waals surface area contributed by atoms with E-state index in [9.17, 15) is 9.59 Å². The van der Waals surface area contributed by atoms with Crippen molar-refractivity contribution in [2.75, 3.05) is 6.79 Å². The molecular weight excluding hydrogens is 478 g/mol. The summed E-state index contributed by atoms with van der Waals surface area (Å²) in [5, 5.41) is 6.54. The van der Waals surface area contributed by atoms with Crippen LogP contribution in [0.15, 0.2) is 62.5 Å². The van der Waals surface area contributed by atoms with E-state index in [1.807, 2.05) is 31.2 Å². The number of carbonyl (C=O) groups is 2. The first-order chi connectivity index (χ1) is 15.4. The van der Waals surface area contributed by atoms with Crippen molar-refractivity contribution in [2.45, 2.75) is 19.9 Å². The second-order valence-electron chi connectivity index (χ2n) is 7.18. The van der Waals surface area contributed by atoms with Crippen LogP contribution in [-0.4, -0.2) is 30.9 Å². The van der Waals surface area contributed by atoms with Gasteiger partial charge in [0.25, 0.3) is 11.8 Å². The molecule has 164 valence electrons. The van der Waals surface area contributed by atoms with Crippen LogP contribution in [-0.2, 0) is 4.79 Å². The van der Waals surface area contributed by atoms with Gasteiger partial charge >= 0.3 is 0 Å². The first-order valence-corrected chi connectivity index (χ1v) is 10.6. The molecule has 2 amide bonds. The van der Waals surface area contributed by atoms with Gasteiger partial charge in [-0.3, -0.25) is 9.59 Å². The highest BCUT2D eigenvalue weighted by atomic mass is 79.9. The van der Waals surface area contributed by atoms with E-state index < -0.39 is 17.9 Å². The molecule has 1 atom stereocenters. The molecule has 4 rings (SSSR count). The molecule has 0 bridgehead atoms. The molecule has 32 heavy (non-hydrogen) atoms. The second-order valence-corrected chi connectivity index (χ2v) is 8.04. The largest absolute Gasteiger partial charge is 0.455 e. The van der Waals surface area contributed by atoms with Crippen molar-refractivity contribution in [1.82, 2.24) is 10.7 Å². The normalized spacial score (nSPS) is 13.2. The van der Waals surface area contributed by atoms with E-state index in [0.29, 0.717) is 28.6 Å². The number of aryl methyl sites for hydroxylation is 1. The number of hydrazone groups is 1. The van der Waals surface area contributed by atoms with Crippen molar-refractivity contribution in [1.29, 1.82) is 0 Å². The van der Waals surface area contributed by atoms with E-state index in [0.717, 1.165) is 15.6 Å². The molecule has 0 saturated carbocycles. The van der Waals surface area contributed by atoms with Gasteiger partial charge in [-0.25, -0.2) is 5.43 Å². The van der Waals surface area contributed by atoms with E-state index in [4.69, 9.17) is 13.9 Å². The van der Waals surface area contributed by atoms with Gasteiger partial charge in [0, 0.05) is 15.6 Å². The topological polar surface area (TPSA) is 102 Å². The molecule has 1 aromatic heterocycles. The van der Waals surface area contributed by atoms with E-state index in [-0.39, 0.29) is 6.79 Å². The smallest absolute Gasteiger partial charge is 0.262 e. The minimum Gasteiger partial charge on any atom is -0.455 e. The Balaban J connectivity index is 1.32.